The van der Waals surface area contributed by atoms with Crippen molar-refractivity contribution >= 4 is 23.5 Å². The average Bonchev–Trinajstić information content (AvgIpc) is 2.38. The van der Waals surface area contributed by atoms with Gasteiger partial charge in [0.15, 0.2) is 0 Å². The van der Waals surface area contributed by atoms with Crippen molar-refractivity contribution in [2.75, 3.05) is 0 Å². The van der Waals surface area contributed by atoms with Crippen molar-refractivity contribution in [3.8, 4) is 0 Å². The van der Waals surface area contributed by atoms with Gasteiger partial charge in [-0.25, -0.2) is 47.8 Å². The number of phosphoric acid groups is 3. The summed E-state index contributed by atoms with van der Waals surface area (Å²) in [6.45, 7) is 0. The van der Waals surface area contributed by atoms with Crippen LogP contribution in [0.25, 0.3) is 0 Å². The van der Waals surface area contributed by atoms with Crippen molar-refractivity contribution in [3.63, 3.8) is 0 Å². The van der Waals surface area contributed by atoms with Gasteiger partial charge >= 0.3 is 23.5 Å². The summed E-state index contributed by atoms with van der Waals surface area (Å²) in [6.07, 6.45) is 0. The lowest BCUT2D eigenvalue weighted by molar-refractivity contribution is 0.109. The Morgan fingerprint density at radius 2 is 0.722 bits per heavy atom. The molecule has 0 aromatic carbocycles. The van der Waals surface area contributed by atoms with E-state index in [0.29, 0.717) is 0 Å². The third-order valence-electron chi connectivity index (χ3n) is 1.05. The van der Waals surface area contributed by atoms with Crippen LogP contribution in [0.3, 0.4) is 0 Å². The Labute approximate surface area is 99.3 Å². The van der Waals surface area contributed by atoms with Crippen molar-refractivity contribution in [1.29, 1.82) is 0 Å². The first-order valence-electron chi connectivity index (χ1n) is 3.37. The quantitative estimate of drug-likeness (QED) is 0.245. The van der Waals surface area contributed by atoms with Gasteiger partial charge in [0, 0.05) is 0 Å². The third kappa shape index (κ3) is 5.07. The van der Waals surface area contributed by atoms with Gasteiger partial charge in [-0.2, -0.15) is 27.1 Å². The van der Waals surface area contributed by atoms with E-state index < -0.39 is 23.5 Å². The third-order valence-corrected chi connectivity index (χ3v) is 5.54. The zero-order valence-corrected chi connectivity index (χ0v) is 11.0. The fourth-order valence-corrected chi connectivity index (χ4v) is 3.80. The van der Waals surface area contributed by atoms with Crippen molar-refractivity contribution in [2.45, 2.75) is 0 Å². The van der Waals surface area contributed by atoms with Crippen LogP contribution in [0.2, 0.25) is 0 Å². The van der Waals surface area contributed by atoms with Crippen molar-refractivity contribution in [3.05, 3.63) is 0 Å². The molecule has 0 aromatic heterocycles. The molecule has 0 unspecified atom stereocenters. The molecule has 0 saturated carbocycles. The molecule has 0 bridgehead atoms. The standard InChI is InChI=1S/H10N5O10P3/c1-9-16(6,10-2)14-18(8,13-5)15-17(7,11-3)12-4/h1-5H2. The van der Waals surface area contributed by atoms with Gasteiger partial charge in [0.25, 0.3) is 0 Å². The summed E-state index contributed by atoms with van der Waals surface area (Å²) >= 11 is 0. The summed E-state index contributed by atoms with van der Waals surface area (Å²) in [6, 6.07) is 0. The first-order chi connectivity index (χ1) is 8.22. The molecule has 0 fully saturated rings. The molecule has 0 aliphatic rings. The van der Waals surface area contributed by atoms with E-state index in [9.17, 15) is 13.7 Å². The summed E-state index contributed by atoms with van der Waals surface area (Å²) in [5.41, 5.74) is 0. The highest BCUT2D eigenvalue weighted by molar-refractivity contribution is 7.67. The topological polar surface area (TPSA) is 246 Å². The van der Waals surface area contributed by atoms with Crippen LogP contribution in [-0.2, 0) is 45.4 Å². The maximum atomic E-state index is 11.6. The number of hydrogen-bond acceptors (Lipinski definition) is 15. The van der Waals surface area contributed by atoms with E-state index in [4.69, 9.17) is 0 Å². The van der Waals surface area contributed by atoms with Crippen LogP contribution in [0.4, 0.5) is 0 Å². The van der Waals surface area contributed by atoms with Gasteiger partial charge in [-0.15, -0.1) is 0 Å². The molecular weight excluding hydrogens is 323 g/mol. The second-order valence-corrected chi connectivity index (χ2v) is 7.08. The largest absolute Gasteiger partial charge is 0.516 e. The van der Waals surface area contributed by atoms with Gasteiger partial charge < -0.3 is 0 Å². The minimum absolute atomic E-state index is 3.63. The maximum Gasteiger partial charge on any atom is 0.516 e. The van der Waals surface area contributed by atoms with E-state index >= 15 is 0 Å². The summed E-state index contributed by atoms with van der Waals surface area (Å²) < 4.78 is 60.2. The summed E-state index contributed by atoms with van der Waals surface area (Å²) in [4.78, 5) is 0. The molecule has 15 nitrogen and oxygen atoms in total. The van der Waals surface area contributed by atoms with Crippen molar-refractivity contribution < 1.29 is 45.4 Å². The Kier molecular flexibility index (Phi) is 7.20. The Hall–Kier alpha value is 0.210. The SMILES string of the molecule is NOP(=O)(ON)OP(=O)(ON)OP(=O)(ON)ON. The van der Waals surface area contributed by atoms with Crippen LogP contribution in [0.1, 0.15) is 0 Å². The summed E-state index contributed by atoms with van der Waals surface area (Å²) in [7, 11) is -14.6. The first kappa shape index (κ1) is 18.2. The van der Waals surface area contributed by atoms with Crippen LogP contribution in [-0.4, -0.2) is 0 Å². The molecule has 110 valence electrons. The van der Waals surface area contributed by atoms with Gasteiger partial charge in [0.2, 0.25) is 0 Å². The second kappa shape index (κ2) is 7.12. The van der Waals surface area contributed by atoms with Crippen molar-refractivity contribution in [2.24, 2.45) is 29.5 Å². The molecule has 0 atom stereocenters. The van der Waals surface area contributed by atoms with E-state index in [0.717, 1.165) is 0 Å². The number of rotatable bonds is 9. The lowest BCUT2D eigenvalue weighted by atomic mass is 13.6. The van der Waals surface area contributed by atoms with Crippen LogP contribution in [0.15, 0.2) is 0 Å². The highest BCUT2D eigenvalue weighted by Gasteiger charge is 2.47. The molecule has 18 heavy (non-hydrogen) atoms. The molecule has 0 saturated heterocycles. The van der Waals surface area contributed by atoms with Gasteiger partial charge in [-0.1, -0.05) is 0 Å². The molecule has 0 spiro atoms. The predicted molar refractivity (Wildman–Crippen MR) is 51.4 cm³/mol. The molecule has 0 heterocycles. The Morgan fingerprint density at radius 3 is 0.889 bits per heavy atom. The first-order valence-corrected chi connectivity index (χ1v) is 7.75. The van der Waals surface area contributed by atoms with Crippen LogP contribution >= 0.6 is 23.5 Å². The van der Waals surface area contributed by atoms with Crippen LogP contribution in [0.5, 0.6) is 0 Å². The highest BCUT2D eigenvalue weighted by atomic mass is 31.3. The fourth-order valence-electron chi connectivity index (χ4n) is 0.425. The number of hydrogen-bond donors (Lipinski definition) is 5. The average molecular weight is 333 g/mol. The Balaban J connectivity index is 5.10. The van der Waals surface area contributed by atoms with Gasteiger partial charge in [0.1, 0.15) is 0 Å². The molecule has 18 heteroatoms. The zero-order chi connectivity index (χ0) is 14.4. The van der Waals surface area contributed by atoms with Gasteiger partial charge in [-0.05, 0) is 0 Å². The van der Waals surface area contributed by atoms with Gasteiger partial charge in [-0.3, -0.25) is 0 Å². The Bertz CT molecular complexity index is 345. The molecule has 0 aliphatic heterocycles. The smallest absolute Gasteiger partial charge is 0.225 e. The Morgan fingerprint density at radius 1 is 0.500 bits per heavy atom. The van der Waals surface area contributed by atoms with Crippen LogP contribution in [0, 0.1) is 0 Å². The lowest BCUT2D eigenvalue weighted by Gasteiger charge is -2.19. The zero-order valence-electron chi connectivity index (χ0n) is 8.31. The fraction of sp³-hybridized carbons (Fsp3) is 0. The molecule has 0 aliphatic carbocycles. The molecule has 0 aromatic rings. The number of nitrogens with two attached hydrogens (primary N) is 5. The molecule has 0 rings (SSSR count). The maximum absolute atomic E-state index is 11.6. The second-order valence-electron chi connectivity index (χ2n) is 2.03. The van der Waals surface area contributed by atoms with E-state index in [1.165, 1.54) is 0 Å². The molecule has 10 N–H and O–H groups in total. The summed E-state index contributed by atoms with van der Waals surface area (Å²) in [5, 5.41) is 0. The van der Waals surface area contributed by atoms with Crippen LogP contribution < -0.4 is 29.5 Å². The normalized spacial score (nSPS) is 13.8. The van der Waals surface area contributed by atoms with Crippen molar-refractivity contribution in [1.82, 2.24) is 0 Å². The molecular formula is H10N5O10P3. The monoisotopic (exact) mass is 333 g/mol. The van der Waals surface area contributed by atoms with E-state index in [1.807, 2.05) is 0 Å². The predicted octanol–water partition coefficient (Wildman–Crippen LogP) is -1.20. The molecule has 0 amide bonds. The minimum Gasteiger partial charge on any atom is -0.225 e. The highest BCUT2D eigenvalue weighted by Crippen LogP contribution is 2.70. The van der Waals surface area contributed by atoms with E-state index in [2.05, 4.69) is 61.2 Å². The molecule has 0 radical (unpaired) electrons. The lowest BCUT2D eigenvalue weighted by Crippen LogP contribution is -2.13. The van der Waals surface area contributed by atoms with Gasteiger partial charge in [0.05, 0.1) is 0 Å². The minimum atomic E-state index is -5.08. The summed E-state index contributed by atoms with van der Waals surface area (Å²) in [5.74, 6) is 22.3. The van der Waals surface area contributed by atoms with E-state index in [1.54, 1.807) is 0 Å². The van der Waals surface area contributed by atoms with E-state index in [-0.39, 0.29) is 0 Å².